The highest BCUT2D eigenvalue weighted by molar-refractivity contribution is 5.17. The molecule has 0 aliphatic rings. The van der Waals surface area contributed by atoms with Gasteiger partial charge in [-0.3, -0.25) is 0 Å². The minimum atomic E-state index is -0.858. The molecule has 1 aromatic rings. The molecule has 3 nitrogen and oxygen atoms in total. The van der Waals surface area contributed by atoms with Crippen LogP contribution in [0.5, 0.6) is 0 Å². The van der Waals surface area contributed by atoms with E-state index in [1.807, 2.05) is 0 Å². The van der Waals surface area contributed by atoms with Crippen molar-refractivity contribution in [1.82, 2.24) is 5.32 Å². The number of rotatable bonds is 10. The second kappa shape index (κ2) is 9.82. The van der Waals surface area contributed by atoms with Crippen molar-refractivity contribution in [3.8, 4) is 0 Å². The molecule has 1 rings (SSSR count). The molecule has 1 aromatic carbocycles. The van der Waals surface area contributed by atoms with Crippen LogP contribution in [0.2, 0.25) is 0 Å². The highest BCUT2D eigenvalue weighted by atomic mass is 19.2. The molecule has 0 saturated carbocycles. The molecule has 0 spiro atoms. The summed E-state index contributed by atoms with van der Waals surface area (Å²) in [5.41, 5.74) is 0.638. The Labute approximate surface area is 125 Å². The fourth-order valence-corrected chi connectivity index (χ4v) is 1.90. The van der Waals surface area contributed by atoms with E-state index in [0.717, 1.165) is 25.0 Å². The smallest absolute Gasteiger partial charge is 0.159 e. The Morgan fingerprint density at radius 1 is 1.24 bits per heavy atom. The topological polar surface area (TPSA) is 41.5 Å². The van der Waals surface area contributed by atoms with Crippen LogP contribution in [0, 0.1) is 17.6 Å². The molecule has 0 bridgehead atoms. The van der Waals surface area contributed by atoms with Gasteiger partial charge in [-0.05, 0) is 36.5 Å². The number of hydrogen-bond donors (Lipinski definition) is 2. The molecule has 0 aliphatic heterocycles. The van der Waals surface area contributed by atoms with Gasteiger partial charge in [0.25, 0.3) is 0 Å². The van der Waals surface area contributed by atoms with Crippen molar-refractivity contribution in [3.63, 3.8) is 0 Å². The van der Waals surface area contributed by atoms with E-state index >= 15 is 0 Å². The lowest BCUT2D eigenvalue weighted by molar-refractivity contribution is 0.0346. The van der Waals surface area contributed by atoms with Crippen molar-refractivity contribution >= 4 is 0 Å². The van der Waals surface area contributed by atoms with Gasteiger partial charge in [0.2, 0.25) is 0 Å². The van der Waals surface area contributed by atoms with E-state index in [9.17, 15) is 13.9 Å². The van der Waals surface area contributed by atoms with Gasteiger partial charge < -0.3 is 15.2 Å². The first kappa shape index (κ1) is 18.0. The van der Waals surface area contributed by atoms with E-state index in [4.69, 9.17) is 4.74 Å². The van der Waals surface area contributed by atoms with E-state index in [2.05, 4.69) is 19.2 Å². The van der Waals surface area contributed by atoms with E-state index < -0.39 is 17.7 Å². The van der Waals surface area contributed by atoms with Crippen molar-refractivity contribution < 1.29 is 18.6 Å². The molecule has 2 N–H and O–H groups in total. The molecule has 5 heteroatoms. The van der Waals surface area contributed by atoms with Crippen molar-refractivity contribution in [2.24, 2.45) is 5.92 Å². The summed E-state index contributed by atoms with van der Waals surface area (Å²) in [5, 5.41) is 12.7. The maximum atomic E-state index is 13.0. The average Bonchev–Trinajstić information content (AvgIpc) is 2.42. The molecule has 0 aliphatic carbocycles. The predicted molar refractivity (Wildman–Crippen MR) is 79.0 cm³/mol. The van der Waals surface area contributed by atoms with E-state index in [0.29, 0.717) is 31.2 Å². The molecule has 21 heavy (non-hydrogen) atoms. The Morgan fingerprint density at radius 2 is 2.00 bits per heavy atom. The lowest BCUT2D eigenvalue weighted by Crippen LogP contribution is -2.30. The van der Waals surface area contributed by atoms with E-state index in [1.54, 1.807) is 0 Å². The average molecular weight is 301 g/mol. The Morgan fingerprint density at radius 3 is 2.67 bits per heavy atom. The maximum Gasteiger partial charge on any atom is 0.159 e. The molecule has 1 unspecified atom stereocenters. The first-order valence-electron chi connectivity index (χ1n) is 7.39. The van der Waals surface area contributed by atoms with Crippen LogP contribution in [0.15, 0.2) is 18.2 Å². The monoisotopic (exact) mass is 301 g/mol. The summed E-state index contributed by atoms with van der Waals surface area (Å²) in [7, 11) is 0. The molecule has 120 valence electrons. The zero-order valence-electron chi connectivity index (χ0n) is 12.7. The zero-order valence-corrected chi connectivity index (χ0v) is 12.7. The highest BCUT2D eigenvalue weighted by Crippen LogP contribution is 2.08. The summed E-state index contributed by atoms with van der Waals surface area (Å²) in [4.78, 5) is 0. The Bertz CT molecular complexity index is 413. The first-order valence-corrected chi connectivity index (χ1v) is 7.39. The minimum Gasteiger partial charge on any atom is -0.389 e. The lowest BCUT2D eigenvalue weighted by atomic mass is 10.1. The Balaban J connectivity index is 2.10. The van der Waals surface area contributed by atoms with E-state index in [1.165, 1.54) is 6.07 Å². The van der Waals surface area contributed by atoms with Gasteiger partial charge in [-0.25, -0.2) is 8.78 Å². The molecule has 0 amide bonds. The number of halogens is 2. The number of nitrogens with one attached hydrogen (secondary N) is 1. The highest BCUT2D eigenvalue weighted by Gasteiger charge is 2.06. The van der Waals surface area contributed by atoms with Gasteiger partial charge in [-0.1, -0.05) is 19.9 Å². The Hall–Kier alpha value is -1.04. The largest absolute Gasteiger partial charge is 0.389 e. The molecule has 0 heterocycles. The van der Waals surface area contributed by atoms with Crippen LogP contribution in [0.25, 0.3) is 0 Å². The van der Waals surface area contributed by atoms with Crippen molar-refractivity contribution in [1.29, 1.82) is 0 Å². The van der Waals surface area contributed by atoms with Crippen LogP contribution >= 0.6 is 0 Å². The van der Waals surface area contributed by atoms with Crippen LogP contribution in [0.1, 0.15) is 32.3 Å². The predicted octanol–water partition coefficient (Wildman–Crippen LogP) is 2.87. The van der Waals surface area contributed by atoms with Gasteiger partial charge in [0.1, 0.15) is 0 Å². The number of ether oxygens (including phenoxy) is 1. The minimum absolute atomic E-state index is 0.281. The van der Waals surface area contributed by atoms with Crippen LogP contribution in [0.3, 0.4) is 0 Å². The normalized spacial score (nSPS) is 12.9. The standard InChI is InChI=1S/C16H25F2NO2/c1-12(2)4-3-7-21-11-14(20)10-19-9-13-5-6-15(17)16(18)8-13/h5-6,8,12,14,19-20H,3-4,7,9-11H2,1-2H3. The van der Waals surface area contributed by atoms with Crippen molar-refractivity contribution in [3.05, 3.63) is 35.4 Å². The van der Waals surface area contributed by atoms with Gasteiger partial charge >= 0.3 is 0 Å². The van der Waals surface area contributed by atoms with Gasteiger partial charge in [0, 0.05) is 19.7 Å². The fraction of sp³-hybridized carbons (Fsp3) is 0.625. The summed E-state index contributed by atoms with van der Waals surface area (Å²) >= 11 is 0. The van der Waals surface area contributed by atoms with Crippen LogP contribution in [-0.4, -0.2) is 31.0 Å². The van der Waals surface area contributed by atoms with Crippen molar-refractivity contribution in [2.45, 2.75) is 39.3 Å². The van der Waals surface area contributed by atoms with Crippen LogP contribution in [-0.2, 0) is 11.3 Å². The lowest BCUT2D eigenvalue weighted by Gasteiger charge is -2.13. The number of hydrogen-bond acceptors (Lipinski definition) is 3. The molecule has 0 radical (unpaired) electrons. The van der Waals surface area contributed by atoms with Crippen molar-refractivity contribution in [2.75, 3.05) is 19.8 Å². The first-order chi connectivity index (χ1) is 9.99. The second-order valence-electron chi connectivity index (χ2n) is 5.64. The summed E-state index contributed by atoms with van der Waals surface area (Å²) in [6, 6.07) is 3.76. The van der Waals surface area contributed by atoms with Crippen LogP contribution in [0.4, 0.5) is 8.78 Å². The molecule has 1 atom stereocenters. The van der Waals surface area contributed by atoms with Gasteiger partial charge in [-0.15, -0.1) is 0 Å². The zero-order chi connectivity index (χ0) is 15.7. The van der Waals surface area contributed by atoms with Crippen LogP contribution < -0.4 is 5.32 Å². The van der Waals surface area contributed by atoms with Gasteiger partial charge in [0.15, 0.2) is 11.6 Å². The van der Waals surface area contributed by atoms with E-state index in [-0.39, 0.29) is 6.61 Å². The molecule has 0 aromatic heterocycles. The Kier molecular flexibility index (Phi) is 8.42. The SMILES string of the molecule is CC(C)CCCOCC(O)CNCc1ccc(F)c(F)c1. The molecular weight excluding hydrogens is 276 g/mol. The number of aliphatic hydroxyl groups excluding tert-OH is 1. The summed E-state index contributed by atoms with van der Waals surface area (Å²) in [5.74, 6) is -1.05. The molecule has 0 fully saturated rings. The second-order valence-corrected chi connectivity index (χ2v) is 5.64. The third-order valence-corrected chi connectivity index (χ3v) is 3.07. The molecule has 0 saturated heterocycles. The third kappa shape index (κ3) is 8.09. The summed E-state index contributed by atoms with van der Waals surface area (Å²) in [6.45, 7) is 5.99. The van der Waals surface area contributed by atoms with Gasteiger partial charge in [-0.2, -0.15) is 0 Å². The number of aliphatic hydroxyl groups is 1. The fourth-order valence-electron chi connectivity index (χ4n) is 1.90. The summed E-state index contributed by atoms with van der Waals surface area (Å²) < 4.78 is 31.1. The number of benzene rings is 1. The quantitative estimate of drug-likeness (QED) is 0.653. The maximum absolute atomic E-state index is 13.0. The third-order valence-electron chi connectivity index (χ3n) is 3.07. The van der Waals surface area contributed by atoms with Gasteiger partial charge in [0.05, 0.1) is 12.7 Å². The molecular formula is C16H25F2NO2. The summed E-state index contributed by atoms with van der Waals surface area (Å²) in [6.07, 6.45) is 1.51.